The highest BCUT2D eigenvalue weighted by Gasteiger charge is 2.37. The number of fused-ring (bicyclic) bond motifs is 2. The lowest BCUT2D eigenvalue weighted by atomic mass is 10.0. The van der Waals surface area contributed by atoms with E-state index >= 15 is 0 Å². The van der Waals surface area contributed by atoms with Crippen LogP contribution in [0.1, 0.15) is 47.7 Å². The number of aryl methyl sites for hydroxylation is 2. The van der Waals surface area contributed by atoms with Crippen molar-refractivity contribution in [2.45, 2.75) is 45.8 Å². The summed E-state index contributed by atoms with van der Waals surface area (Å²) >= 11 is 0. The molecule has 1 aromatic carbocycles. The van der Waals surface area contributed by atoms with Crippen LogP contribution in [0, 0.1) is 13.8 Å². The molecule has 0 spiro atoms. The minimum absolute atomic E-state index is 0.119. The molecule has 1 amide bonds. The zero-order valence-corrected chi connectivity index (χ0v) is 17.1. The Morgan fingerprint density at radius 2 is 1.97 bits per heavy atom. The van der Waals surface area contributed by atoms with Crippen LogP contribution in [0.5, 0.6) is 11.5 Å². The molecular formula is C20H20F3N5O3. The summed E-state index contributed by atoms with van der Waals surface area (Å²) in [6, 6.07) is 5.21. The zero-order valence-electron chi connectivity index (χ0n) is 17.1. The molecule has 0 saturated heterocycles. The van der Waals surface area contributed by atoms with E-state index in [2.05, 4.69) is 20.4 Å². The largest absolute Gasteiger partial charge is 0.454 e. The Morgan fingerprint density at radius 3 is 2.71 bits per heavy atom. The molecule has 11 heteroatoms. The van der Waals surface area contributed by atoms with Crippen molar-refractivity contribution in [3.8, 4) is 11.5 Å². The van der Waals surface area contributed by atoms with E-state index in [4.69, 9.17) is 9.47 Å². The number of rotatable bonds is 5. The van der Waals surface area contributed by atoms with Gasteiger partial charge >= 0.3 is 6.18 Å². The van der Waals surface area contributed by atoms with Gasteiger partial charge in [-0.15, -0.1) is 5.10 Å². The second-order valence-corrected chi connectivity index (χ2v) is 7.31. The fourth-order valence-corrected chi connectivity index (χ4v) is 3.51. The Kier molecular flexibility index (Phi) is 5.19. The van der Waals surface area contributed by atoms with Gasteiger partial charge in [0.1, 0.15) is 0 Å². The number of ether oxygens (including phenoxy) is 2. The summed E-state index contributed by atoms with van der Waals surface area (Å²) in [5.41, 5.74) is 2.53. The minimum Gasteiger partial charge on any atom is -0.454 e. The second kappa shape index (κ2) is 7.71. The molecule has 0 unspecified atom stereocenters. The van der Waals surface area contributed by atoms with Crippen LogP contribution < -0.4 is 14.8 Å². The first kappa shape index (κ1) is 20.9. The fourth-order valence-electron chi connectivity index (χ4n) is 3.51. The number of hydrogen-bond donors (Lipinski definition) is 1. The van der Waals surface area contributed by atoms with Gasteiger partial charge < -0.3 is 14.8 Å². The predicted octanol–water partition coefficient (Wildman–Crippen LogP) is 3.30. The van der Waals surface area contributed by atoms with Crippen LogP contribution in [0.3, 0.4) is 0 Å². The molecule has 0 radical (unpaired) electrons. The molecule has 1 aliphatic heterocycles. The standard InChI is InChI=1S/C20H20F3N5O3/c1-10(13-4-6-15-16(8-13)31-9-30-15)24-17(29)7-5-14-11(2)25-19-26-18(20(21,22)23)27-28(19)12(14)3/h4,6,8,10H,5,7,9H2,1-3H3,(H,24,29)/t10-/m0/s1. The molecule has 0 bridgehead atoms. The molecule has 8 nitrogen and oxygen atoms in total. The van der Waals surface area contributed by atoms with Gasteiger partial charge in [-0.1, -0.05) is 6.07 Å². The normalized spacial score (nSPS) is 14.1. The maximum absolute atomic E-state index is 12.9. The Hall–Kier alpha value is -3.37. The Balaban J connectivity index is 1.45. The average molecular weight is 435 g/mol. The van der Waals surface area contributed by atoms with Crippen molar-refractivity contribution in [3.63, 3.8) is 0 Å². The molecular weight excluding hydrogens is 415 g/mol. The molecule has 2 aromatic heterocycles. The molecule has 0 aliphatic carbocycles. The summed E-state index contributed by atoms with van der Waals surface area (Å²) in [6.07, 6.45) is -4.20. The van der Waals surface area contributed by atoms with Gasteiger partial charge in [0.2, 0.25) is 12.7 Å². The minimum atomic E-state index is -4.65. The van der Waals surface area contributed by atoms with Gasteiger partial charge in [0, 0.05) is 17.8 Å². The van der Waals surface area contributed by atoms with Crippen LogP contribution in [-0.4, -0.2) is 32.3 Å². The van der Waals surface area contributed by atoms with Crippen molar-refractivity contribution in [2.75, 3.05) is 6.79 Å². The molecule has 31 heavy (non-hydrogen) atoms. The van der Waals surface area contributed by atoms with Gasteiger partial charge in [-0.25, -0.2) is 9.50 Å². The van der Waals surface area contributed by atoms with Crippen LogP contribution in [-0.2, 0) is 17.4 Å². The lowest BCUT2D eigenvalue weighted by Gasteiger charge is -2.15. The Labute approximate surface area is 175 Å². The lowest BCUT2D eigenvalue weighted by Crippen LogP contribution is -2.27. The van der Waals surface area contributed by atoms with Crippen LogP contribution >= 0.6 is 0 Å². The van der Waals surface area contributed by atoms with Gasteiger partial charge in [0.25, 0.3) is 11.6 Å². The second-order valence-electron chi connectivity index (χ2n) is 7.31. The Bertz CT molecular complexity index is 1160. The van der Waals surface area contributed by atoms with E-state index in [9.17, 15) is 18.0 Å². The molecule has 3 aromatic rings. The maximum atomic E-state index is 12.9. The third-order valence-corrected chi connectivity index (χ3v) is 5.18. The van der Waals surface area contributed by atoms with E-state index in [1.807, 2.05) is 19.1 Å². The van der Waals surface area contributed by atoms with E-state index < -0.39 is 12.0 Å². The first-order valence-corrected chi connectivity index (χ1v) is 9.62. The van der Waals surface area contributed by atoms with Gasteiger partial charge in [0.15, 0.2) is 11.5 Å². The monoisotopic (exact) mass is 435 g/mol. The number of halogens is 3. The van der Waals surface area contributed by atoms with Crippen molar-refractivity contribution >= 4 is 11.7 Å². The number of aromatic nitrogens is 4. The highest BCUT2D eigenvalue weighted by atomic mass is 19.4. The van der Waals surface area contributed by atoms with Gasteiger partial charge in [-0.05, 0) is 50.5 Å². The fraction of sp³-hybridized carbons (Fsp3) is 0.400. The van der Waals surface area contributed by atoms with E-state index in [-0.39, 0.29) is 30.9 Å². The third-order valence-electron chi connectivity index (χ3n) is 5.18. The van der Waals surface area contributed by atoms with Crippen LogP contribution in [0.25, 0.3) is 5.78 Å². The number of carbonyl (C=O) groups is 1. The zero-order chi connectivity index (χ0) is 22.3. The summed E-state index contributed by atoms with van der Waals surface area (Å²) in [4.78, 5) is 20.1. The maximum Gasteiger partial charge on any atom is 0.453 e. The van der Waals surface area contributed by atoms with Crippen molar-refractivity contribution in [1.82, 2.24) is 24.9 Å². The first-order chi connectivity index (χ1) is 14.6. The number of benzene rings is 1. The third kappa shape index (κ3) is 4.12. The summed E-state index contributed by atoms with van der Waals surface area (Å²) in [7, 11) is 0. The molecule has 164 valence electrons. The van der Waals surface area contributed by atoms with Crippen molar-refractivity contribution < 1.29 is 27.4 Å². The first-order valence-electron chi connectivity index (χ1n) is 9.62. The number of nitrogens with zero attached hydrogens (tertiary/aromatic N) is 4. The lowest BCUT2D eigenvalue weighted by molar-refractivity contribution is -0.144. The highest BCUT2D eigenvalue weighted by Crippen LogP contribution is 2.34. The van der Waals surface area contributed by atoms with E-state index in [0.717, 1.165) is 10.1 Å². The van der Waals surface area contributed by atoms with Crippen molar-refractivity contribution in [2.24, 2.45) is 0 Å². The number of hydrogen-bond acceptors (Lipinski definition) is 6. The quantitative estimate of drug-likeness (QED) is 0.662. The number of amides is 1. The topological polar surface area (TPSA) is 90.6 Å². The van der Waals surface area contributed by atoms with Crippen LogP contribution in [0.15, 0.2) is 18.2 Å². The highest BCUT2D eigenvalue weighted by molar-refractivity contribution is 5.76. The number of nitrogens with one attached hydrogen (secondary N) is 1. The molecule has 1 atom stereocenters. The van der Waals surface area contributed by atoms with E-state index in [0.29, 0.717) is 34.9 Å². The summed E-state index contributed by atoms with van der Waals surface area (Å²) in [5, 5.41) is 6.44. The summed E-state index contributed by atoms with van der Waals surface area (Å²) in [6.45, 7) is 5.34. The molecule has 1 N–H and O–H groups in total. The van der Waals surface area contributed by atoms with Crippen molar-refractivity contribution in [1.29, 1.82) is 0 Å². The SMILES string of the molecule is Cc1nc2nc(C(F)(F)F)nn2c(C)c1CCC(=O)N[C@@H](C)c1ccc2c(c1)OCO2. The molecule has 1 aliphatic rings. The molecule has 0 saturated carbocycles. The average Bonchev–Trinajstić information content (AvgIpc) is 3.33. The van der Waals surface area contributed by atoms with Crippen LogP contribution in [0.2, 0.25) is 0 Å². The summed E-state index contributed by atoms with van der Waals surface area (Å²) in [5.74, 6) is -0.256. The van der Waals surface area contributed by atoms with E-state index in [1.165, 1.54) is 0 Å². The van der Waals surface area contributed by atoms with Crippen LogP contribution in [0.4, 0.5) is 13.2 Å². The predicted molar refractivity (Wildman–Crippen MR) is 103 cm³/mol. The van der Waals surface area contributed by atoms with Gasteiger partial charge in [-0.2, -0.15) is 18.2 Å². The molecule has 4 rings (SSSR count). The number of alkyl halides is 3. The van der Waals surface area contributed by atoms with Gasteiger partial charge in [0.05, 0.1) is 6.04 Å². The summed E-state index contributed by atoms with van der Waals surface area (Å²) < 4.78 is 50.5. The Morgan fingerprint density at radius 1 is 1.23 bits per heavy atom. The van der Waals surface area contributed by atoms with Crippen molar-refractivity contribution in [3.05, 3.63) is 46.5 Å². The smallest absolute Gasteiger partial charge is 0.453 e. The molecule has 3 heterocycles. The van der Waals surface area contributed by atoms with E-state index in [1.54, 1.807) is 19.9 Å². The molecule has 0 fully saturated rings. The van der Waals surface area contributed by atoms with Gasteiger partial charge in [-0.3, -0.25) is 4.79 Å². The number of carbonyl (C=O) groups excluding carboxylic acids is 1.